The Morgan fingerprint density at radius 1 is 1.10 bits per heavy atom. The molecule has 3 heterocycles. The van der Waals surface area contributed by atoms with Crippen LogP contribution in [0.1, 0.15) is 43.4 Å². The molecule has 9 heteroatoms. The highest BCUT2D eigenvalue weighted by Crippen LogP contribution is 2.42. The lowest BCUT2D eigenvalue weighted by molar-refractivity contribution is 0.497. The van der Waals surface area contributed by atoms with Crippen LogP contribution in [0.25, 0.3) is 0 Å². The summed E-state index contributed by atoms with van der Waals surface area (Å²) in [6.45, 7) is 4.30. The minimum atomic E-state index is -3.34. The van der Waals surface area contributed by atoms with Gasteiger partial charge in [0.2, 0.25) is 10.0 Å². The second kappa shape index (κ2) is 8.32. The van der Waals surface area contributed by atoms with E-state index in [1.807, 2.05) is 36.4 Å². The van der Waals surface area contributed by atoms with Crippen molar-refractivity contribution in [3.8, 4) is 0 Å². The molecule has 1 fully saturated rings. The number of sulfonamides is 1. The first-order valence-corrected chi connectivity index (χ1v) is 12.3. The van der Waals surface area contributed by atoms with Crippen molar-refractivity contribution in [3.05, 3.63) is 78.4 Å². The Hall–Kier alpha value is -2.91. The van der Waals surface area contributed by atoms with Crippen molar-refractivity contribution in [2.45, 2.75) is 32.0 Å². The maximum Gasteiger partial charge on any atom is 0.229 e. The molecule has 0 aliphatic carbocycles. The number of hydrogen-bond donors (Lipinski definition) is 2. The van der Waals surface area contributed by atoms with Crippen LogP contribution < -0.4 is 14.9 Å². The summed E-state index contributed by atoms with van der Waals surface area (Å²) < 4.78 is 27.8. The standard InChI is InChI=1S/C22H25N5O2S2/c1-15(2)26-14-6-8-19(26)21-20(18-7-4-5-13-23-18)24-22(30)27(21)17-11-9-16(10-12-17)25-31(3,28)29/h4-15,20-21,25H,1-3H3,(H,24,30)/t20-,21+/m1/s1. The van der Waals surface area contributed by atoms with Crippen molar-refractivity contribution in [1.29, 1.82) is 0 Å². The molecular weight excluding hydrogens is 430 g/mol. The van der Waals surface area contributed by atoms with Crippen LogP contribution in [0.2, 0.25) is 0 Å². The molecule has 1 aliphatic heterocycles. The van der Waals surface area contributed by atoms with Gasteiger partial charge in [0, 0.05) is 35.5 Å². The molecule has 0 spiro atoms. The zero-order chi connectivity index (χ0) is 22.2. The highest BCUT2D eigenvalue weighted by molar-refractivity contribution is 7.92. The minimum absolute atomic E-state index is 0.117. The Labute approximate surface area is 188 Å². The summed E-state index contributed by atoms with van der Waals surface area (Å²) in [5.74, 6) is 0. The van der Waals surface area contributed by atoms with E-state index >= 15 is 0 Å². The molecule has 3 aromatic rings. The van der Waals surface area contributed by atoms with Gasteiger partial charge >= 0.3 is 0 Å². The van der Waals surface area contributed by atoms with E-state index in [1.165, 1.54) is 0 Å². The molecule has 0 saturated carbocycles. The van der Waals surface area contributed by atoms with Crippen LogP contribution in [0.4, 0.5) is 11.4 Å². The number of pyridine rings is 1. The first-order chi connectivity index (χ1) is 14.7. The zero-order valence-corrected chi connectivity index (χ0v) is 19.2. The van der Waals surface area contributed by atoms with E-state index < -0.39 is 10.0 Å². The van der Waals surface area contributed by atoms with E-state index in [1.54, 1.807) is 18.3 Å². The van der Waals surface area contributed by atoms with Crippen molar-refractivity contribution in [1.82, 2.24) is 14.9 Å². The molecule has 1 saturated heterocycles. The van der Waals surface area contributed by atoms with Crippen molar-refractivity contribution in [2.24, 2.45) is 0 Å². The summed E-state index contributed by atoms with van der Waals surface area (Å²) >= 11 is 5.75. The Morgan fingerprint density at radius 3 is 2.45 bits per heavy atom. The molecule has 2 atom stereocenters. The Bertz CT molecular complexity index is 1170. The largest absolute Gasteiger partial charge is 0.351 e. The maximum atomic E-state index is 11.5. The average Bonchev–Trinajstić information content (AvgIpc) is 3.32. The van der Waals surface area contributed by atoms with E-state index in [0.717, 1.165) is 23.3 Å². The van der Waals surface area contributed by atoms with Crippen LogP contribution in [0.3, 0.4) is 0 Å². The quantitative estimate of drug-likeness (QED) is 0.547. The highest BCUT2D eigenvalue weighted by Gasteiger charge is 2.42. The molecule has 1 aromatic carbocycles. The molecule has 4 rings (SSSR count). The number of rotatable bonds is 6. The lowest BCUT2D eigenvalue weighted by Crippen LogP contribution is -2.30. The maximum absolute atomic E-state index is 11.5. The second-order valence-corrected chi connectivity index (χ2v) is 9.99. The van der Waals surface area contributed by atoms with Crippen LogP contribution in [-0.4, -0.2) is 29.3 Å². The fraction of sp³-hybridized carbons (Fsp3) is 0.273. The summed E-state index contributed by atoms with van der Waals surface area (Å²) in [7, 11) is -3.34. The van der Waals surface area contributed by atoms with Gasteiger partial charge in [0.1, 0.15) is 6.04 Å². The van der Waals surface area contributed by atoms with Gasteiger partial charge in [-0.1, -0.05) is 6.07 Å². The molecule has 162 valence electrons. The van der Waals surface area contributed by atoms with Gasteiger partial charge < -0.3 is 14.8 Å². The number of anilines is 2. The van der Waals surface area contributed by atoms with E-state index in [2.05, 4.69) is 50.6 Å². The molecular formula is C22H25N5O2S2. The van der Waals surface area contributed by atoms with Crippen molar-refractivity contribution < 1.29 is 8.42 Å². The fourth-order valence-electron chi connectivity index (χ4n) is 3.97. The lowest BCUT2D eigenvalue weighted by Gasteiger charge is -2.30. The van der Waals surface area contributed by atoms with Gasteiger partial charge in [-0.25, -0.2) is 8.42 Å². The fourth-order valence-corrected chi connectivity index (χ4v) is 4.88. The van der Waals surface area contributed by atoms with Gasteiger partial charge in [0.05, 0.1) is 18.0 Å². The molecule has 1 aliphatic rings. The average molecular weight is 456 g/mol. The van der Waals surface area contributed by atoms with Gasteiger partial charge in [-0.05, 0) is 74.6 Å². The summed E-state index contributed by atoms with van der Waals surface area (Å²) in [5.41, 5.74) is 3.41. The lowest BCUT2D eigenvalue weighted by atomic mass is 10.0. The van der Waals surface area contributed by atoms with Gasteiger partial charge in [0.25, 0.3) is 0 Å². The van der Waals surface area contributed by atoms with Gasteiger partial charge in [-0.15, -0.1) is 0 Å². The number of nitrogens with one attached hydrogen (secondary N) is 2. The molecule has 2 N–H and O–H groups in total. The third-order valence-electron chi connectivity index (χ3n) is 5.22. The first kappa shape index (κ1) is 21.3. The molecule has 7 nitrogen and oxygen atoms in total. The molecule has 0 unspecified atom stereocenters. The normalized spacial score (nSPS) is 19.0. The zero-order valence-electron chi connectivity index (χ0n) is 17.6. The van der Waals surface area contributed by atoms with Crippen LogP contribution in [-0.2, 0) is 10.0 Å². The minimum Gasteiger partial charge on any atom is -0.351 e. The third-order valence-corrected chi connectivity index (χ3v) is 6.14. The number of thiocarbonyl (C=S) groups is 1. The number of hydrogen-bond acceptors (Lipinski definition) is 4. The van der Waals surface area contributed by atoms with Crippen LogP contribution >= 0.6 is 12.2 Å². The molecule has 0 radical (unpaired) electrons. The highest BCUT2D eigenvalue weighted by atomic mass is 32.2. The summed E-state index contributed by atoms with van der Waals surface area (Å²) in [4.78, 5) is 6.65. The Morgan fingerprint density at radius 2 is 1.84 bits per heavy atom. The molecule has 31 heavy (non-hydrogen) atoms. The molecule has 0 bridgehead atoms. The predicted octanol–water partition coefficient (Wildman–Crippen LogP) is 4.01. The van der Waals surface area contributed by atoms with E-state index in [-0.39, 0.29) is 18.1 Å². The van der Waals surface area contributed by atoms with E-state index in [0.29, 0.717) is 10.8 Å². The number of aromatic nitrogens is 2. The molecule has 2 aromatic heterocycles. The summed E-state index contributed by atoms with van der Waals surface area (Å²) in [6.07, 6.45) is 5.00. The monoisotopic (exact) mass is 455 g/mol. The summed E-state index contributed by atoms with van der Waals surface area (Å²) in [6, 6.07) is 17.3. The van der Waals surface area contributed by atoms with Gasteiger partial charge in [-0.3, -0.25) is 9.71 Å². The Balaban J connectivity index is 1.78. The number of benzene rings is 1. The van der Waals surface area contributed by atoms with Crippen molar-refractivity contribution in [3.63, 3.8) is 0 Å². The van der Waals surface area contributed by atoms with E-state index in [4.69, 9.17) is 12.2 Å². The van der Waals surface area contributed by atoms with Crippen molar-refractivity contribution in [2.75, 3.05) is 15.9 Å². The Kier molecular flexibility index (Phi) is 5.72. The van der Waals surface area contributed by atoms with Gasteiger partial charge in [-0.2, -0.15) is 0 Å². The first-order valence-electron chi connectivity index (χ1n) is 10.00. The van der Waals surface area contributed by atoms with Crippen LogP contribution in [0.15, 0.2) is 67.0 Å². The molecule has 0 amide bonds. The smallest absolute Gasteiger partial charge is 0.229 e. The third kappa shape index (κ3) is 4.42. The number of nitrogens with zero attached hydrogens (tertiary/aromatic N) is 3. The van der Waals surface area contributed by atoms with Crippen LogP contribution in [0.5, 0.6) is 0 Å². The predicted molar refractivity (Wildman–Crippen MR) is 128 cm³/mol. The SMILES string of the molecule is CC(C)n1cccc1[C@H]1[C@@H](c2ccccn2)NC(=S)N1c1ccc(NS(C)(=O)=O)cc1. The van der Waals surface area contributed by atoms with Crippen molar-refractivity contribution >= 4 is 38.7 Å². The van der Waals surface area contributed by atoms with E-state index in [9.17, 15) is 8.42 Å². The summed E-state index contributed by atoms with van der Waals surface area (Å²) in [5, 5.41) is 4.04. The second-order valence-electron chi connectivity index (χ2n) is 7.85. The van der Waals surface area contributed by atoms with Gasteiger partial charge in [0.15, 0.2) is 5.11 Å². The topological polar surface area (TPSA) is 79.3 Å². The van der Waals surface area contributed by atoms with Crippen LogP contribution in [0, 0.1) is 0 Å².